The average Bonchev–Trinajstić information content (AvgIpc) is 2.31. The molecular weight excluding hydrogens is 200 g/mol. The topological polar surface area (TPSA) is 34.1 Å². The number of nitrogens with zero attached hydrogens (tertiary/aromatic N) is 1. The fraction of sp³-hybridized carbons (Fsp3) is 0.615. The summed E-state index contributed by atoms with van der Waals surface area (Å²) in [5.41, 5.74) is 1.33. The Morgan fingerprint density at radius 2 is 2.06 bits per heavy atom. The van der Waals surface area contributed by atoms with E-state index in [2.05, 4.69) is 29.4 Å². The van der Waals surface area contributed by atoms with Crippen LogP contribution in [-0.4, -0.2) is 30.8 Å². The molecule has 0 aromatic carbocycles. The van der Waals surface area contributed by atoms with Crippen LogP contribution in [0.4, 0.5) is 0 Å². The third-order valence-corrected chi connectivity index (χ3v) is 2.54. The quantitative estimate of drug-likeness (QED) is 0.683. The van der Waals surface area contributed by atoms with Gasteiger partial charge in [-0.3, -0.25) is 4.98 Å². The molecule has 0 spiro atoms. The lowest BCUT2D eigenvalue weighted by Crippen LogP contribution is -2.32. The molecule has 0 aliphatic heterocycles. The van der Waals surface area contributed by atoms with Crippen molar-refractivity contribution in [3.63, 3.8) is 0 Å². The van der Waals surface area contributed by atoms with Gasteiger partial charge in [-0.15, -0.1) is 0 Å². The zero-order chi connectivity index (χ0) is 11.6. The summed E-state index contributed by atoms with van der Waals surface area (Å²) in [4.78, 5) is 4.03. The summed E-state index contributed by atoms with van der Waals surface area (Å²) >= 11 is 0. The molecule has 1 heterocycles. The van der Waals surface area contributed by atoms with E-state index in [4.69, 9.17) is 4.74 Å². The Labute approximate surface area is 98.2 Å². The second kappa shape index (κ2) is 8.25. The van der Waals surface area contributed by atoms with E-state index in [1.165, 1.54) is 5.56 Å². The molecule has 1 aromatic rings. The van der Waals surface area contributed by atoms with Crippen LogP contribution in [0.1, 0.15) is 25.8 Å². The molecule has 1 rings (SSSR count). The molecular formula is C13H22N2O. The van der Waals surface area contributed by atoms with E-state index in [1.54, 1.807) is 0 Å². The Bertz CT molecular complexity index is 264. The summed E-state index contributed by atoms with van der Waals surface area (Å²) < 4.78 is 5.40. The highest BCUT2D eigenvalue weighted by atomic mass is 16.5. The van der Waals surface area contributed by atoms with Gasteiger partial charge in [0.2, 0.25) is 0 Å². The van der Waals surface area contributed by atoms with E-state index >= 15 is 0 Å². The maximum absolute atomic E-state index is 5.40. The molecule has 1 unspecified atom stereocenters. The Hall–Kier alpha value is -0.930. The number of ether oxygens (including phenoxy) is 1. The predicted molar refractivity (Wildman–Crippen MR) is 66.5 cm³/mol. The molecule has 0 aliphatic rings. The SMILES string of the molecule is CCNC(CCOCC)Cc1ccncc1. The summed E-state index contributed by atoms with van der Waals surface area (Å²) in [6, 6.07) is 4.65. The molecule has 1 N–H and O–H groups in total. The van der Waals surface area contributed by atoms with Crippen molar-refractivity contribution in [3.8, 4) is 0 Å². The van der Waals surface area contributed by atoms with E-state index in [9.17, 15) is 0 Å². The molecule has 0 radical (unpaired) electrons. The van der Waals surface area contributed by atoms with Gasteiger partial charge in [-0.2, -0.15) is 0 Å². The molecule has 1 aromatic heterocycles. The highest BCUT2D eigenvalue weighted by molar-refractivity contribution is 5.11. The lowest BCUT2D eigenvalue weighted by molar-refractivity contribution is 0.136. The predicted octanol–water partition coefficient (Wildman–Crippen LogP) is 2.03. The Kier molecular flexibility index (Phi) is 6.77. The molecule has 0 bridgehead atoms. The number of pyridine rings is 1. The van der Waals surface area contributed by atoms with Crippen molar-refractivity contribution >= 4 is 0 Å². The lowest BCUT2D eigenvalue weighted by Gasteiger charge is -2.17. The first-order chi connectivity index (χ1) is 7.86. The van der Waals surface area contributed by atoms with Crippen LogP contribution < -0.4 is 5.32 Å². The van der Waals surface area contributed by atoms with E-state index < -0.39 is 0 Å². The summed E-state index contributed by atoms with van der Waals surface area (Å²) in [7, 11) is 0. The molecule has 0 aliphatic carbocycles. The minimum absolute atomic E-state index is 0.499. The average molecular weight is 222 g/mol. The molecule has 0 saturated heterocycles. The molecule has 0 amide bonds. The van der Waals surface area contributed by atoms with Crippen LogP contribution in [0, 0.1) is 0 Å². The van der Waals surface area contributed by atoms with Gasteiger partial charge in [0.05, 0.1) is 0 Å². The smallest absolute Gasteiger partial charge is 0.0480 e. The monoisotopic (exact) mass is 222 g/mol. The van der Waals surface area contributed by atoms with Crippen LogP contribution in [0.2, 0.25) is 0 Å². The first-order valence-electron chi connectivity index (χ1n) is 6.06. The largest absolute Gasteiger partial charge is 0.382 e. The fourth-order valence-corrected chi connectivity index (χ4v) is 1.74. The van der Waals surface area contributed by atoms with Crippen LogP contribution in [0.25, 0.3) is 0 Å². The van der Waals surface area contributed by atoms with Gasteiger partial charge in [0.25, 0.3) is 0 Å². The number of hydrogen-bond acceptors (Lipinski definition) is 3. The lowest BCUT2D eigenvalue weighted by atomic mass is 10.0. The molecule has 3 nitrogen and oxygen atoms in total. The van der Waals surface area contributed by atoms with Gasteiger partial charge in [0, 0.05) is 31.6 Å². The van der Waals surface area contributed by atoms with E-state index in [-0.39, 0.29) is 0 Å². The van der Waals surface area contributed by atoms with Crippen molar-refractivity contribution in [3.05, 3.63) is 30.1 Å². The number of nitrogens with one attached hydrogen (secondary N) is 1. The van der Waals surface area contributed by atoms with Crippen molar-refractivity contribution in [2.24, 2.45) is 0 Å². The number of rotatable bonds is 8. The zero-order valence-corrected chi connectivity index (χ0v) is 10.3. The van der Waals surface area contributed by atoms with Crippen molar-refractivity contribution < 1.29 is 4.74 Å². The Balaban J connectivity index is 2.38. The van der Waals surface area contributed by atoms with Crippen molar-refractivity contribution in [1.29, 1.82) is 0 Å². The number of aromatic nitrogens is 1. The maximum Gasteiger partial charge on any atom is 0.0480 e. The van der Waals surface area contributed by atoms with Crippen LogP contribution >= 0.6 is 0 Å². The minimum atomic E-state index is 0.499. The normalized spacial score (nSPS) is 12.6. The van der Waals surface area contributed by atoms with Crippen LogP contribution in [0.5, 0.6) is 0 Å². The number of likely N-dealkylation sites (N-methyl/N-ethyl adjacent to an activating group) is 1. The van der Waals surface area contributed by atoms with Gasteiger partial charge in [-0.25, -0.2) is 0 Å². The molecule has 1 atom stereocenters. The van der Waals surface area contributed by atoms with Gasteiger partial charge in [-0.05, 0) is 44.0 Å². The van der Waals surface area contributed by atoms with Gasteiger partial charge >= 0.3 is 0 Å². The second-order valence-corrected chi connectivity index (χ2v) is 3.80. The van der Waals surface area contributed by atoms with Gasteiger partial charge in [-0.1, -0.05) is 6.92 Å². The van der Waals surface area contributed by atoms with E-state index in [0.717, 1.165) is 32.6 Å². The third-order valence-electron chi connectivity index (χ3n) is 2.54. The molecule has 0 saturated carbocycles. The molecule has 16 heavy (non-hydrogen) atoms. The summed E-state index contributed by atoms with van der Waals surface area (Å²) in [6.45, 7) is 6.81. The van der Waals surface area contributed by atoms with Crippen molar-refractivity contribution in [2.75, 3.05) is 19.8 Å². The van der Waals surface area contributed by atoms with Crippen LogP contribution in [0.3, 0.4) is 0 Å². The fourth-order valence-electron chi connectivity index (χ4n) is 1.74. The van der Waals surface area contributed by atoms with Crippen LogP contribution in [0.15, 0.2) is 24.5 Å². The molecule has 3 heteroatoms. The Morgan fingerprint density at radius 3 is 2.69 bits per heavy atom. The Morgan fingerprint density at radius 1 is 1.31 bits per heavy atom. The summed E-state index contributed by atoms with van der Waals surface area (Å²) in [5.74, 6) is 0. The number of hydrogen-bond donors (Lipinski definition) is 1. The highest BCUT2D eigenvalue weighted by Gasteiger charge is 2.07. The van der Waals surface area contributed by atoms with E-state index in [1.807, 2.05) is 19.3 Å². The first-order valence-corrected chi connectivity index (χ1v) is 6.06. The van der Waals surface area contributed by atoms with Crippen molar-refractivity contribution in [1.82, 2.24) is 10.3 Å². The maximum atomic E-state index is 5.40. The third kappa shape index (κ3) is 5.24. The van der Waals surface area contributed by atoms with Crippen LogP contribution in [-0.2, 0) is 11.2 Å². The van der Waals surface area contributed by atoms with Gasteiger partial charge < -0.3 is 10.1 Å². The summed E-state index contributed by atoms with van der Waals surface area (Å²) in [5, 5.41) is 3.49. The zero-order valence-electron chi connectivity index (χ0n) is 10.3. The molecule has 90 valence electrons. The summed E-state index contributed by atoms with van der Waals surface area (Å²) in [6.07, 6.45) is 5.80. The highest BCUT2D eigenvalue weighted by Crippen LogP contribution is 2.05. The standard InChI is InChI=1S/C13H22N2O/c1-3-15-13(7-10-16-4-2)11-12-5-8-14-9-6-12/h5-6,8-9,13,15H,3-4,7,10-11H2,1-2H3. The minimum Gasteiger partial charge on any atom is -0.382 e. The van der Waals surface area contributed by atoms with E-state index in [0.29, 0.717) is 6.04 Å². The van der Waals surface area contributed by atoms with Gasteiger partial charge in [0.1, 0.15) is 0 Å². The van der Waals surface area contributed by atoms with Gasteiger partial charge in [0.15, 0.2) is 0 Å². The first kappa shape index (κ1) is 13.1. The molecule has 0 fully saturated rings. The van der Waals surface area contributed by atoms with Crippen molar-refractivity contribution in [2.45, 2.75) is 32.7 Å². The second-order valence-electron chi connectivity index (χ2n) is 3.80.